The number of rotatable bonds is 58. The fourth-order valence-electron chi connectivity index (χ4n) is 8.95. The van der Waals surface area contributed by atoms with E-state index in [1.54, 1.807) is 0 Å². The van der Waals surface area contributed by atoms with Crippen molar-refractivity contribution < 1.29 is 28.6 Å². The van der Waals surface area contributed by atoms with Gasteiger partial charge in [-0.15, -0.1) is 0 Å². The molecule has 6 nitrogen and oxygen atoms in total. The smallest absolute Gasteiger partial charge is 0.306 e. The number of carbonyl (C=O) groups excluding carboxylic acids is 3. The van der Waals surface area contributed by atoms with E-state index in [9.17, 15) is 14.4 Å². The van der Waals surface area contributed by atoms with Crippen LogP contribution in [-0.2, 0) is 28.6 Å². The van der Waals surface area contributed by atoms with Gasteiger partial charge in [-0.1, -0.05) is 271 Å². The van der Waals surface area contributed by atoms with Gasteiger partial charge in [0, 0.05) is 19.3 Å². The van der Waals surface area contributed by atoms with Crippen molar-refractivity contribution in [3.63, 3.8) is 0 Å². The van der Waals surface area contributed by atoms with Crippen molar-refractivity contribution in [2.45, 2.75) is 309 Å². The highest BCUT2D eigenvalue weighted by atomic mass is 16.6. The number of hydrogen-bond donors (Lipinski definition) is 0. The van der Waals surface area contributed by atoms with Gasteiger partial charge in [0.1, 0.15) is 13.2 Å². The largest absolute Gasteiger partial charge is 0.462 e. The Hall–Kier alpha value is -3.93. The van der Waals surface area contributed by atoms with E-state index >= 15 is 0 Å². The lowest BCUT2D eigenvalue weighted by molar-refractivity contribution is -0.167. The average molecular weight is 1070 g/mol. The fraction of sp³-hybridized carbons (Fsp3) is 0.704. The summed E-state index contributed by atoms with van der Waals surface area (Å²) < 4.78 is 16.9. The molecule has 0 spiro atoms. The third kappa shape index (κ3) is 62.8. The van der Waals surface area contributed by atoms with Crippen LogP contribution in [0.5, 0.6) is 0 Å². The van der Waals surface area contributed by atoms with Crippen LogP contribution in [0.1, 0.15) is 303 Å². The summed E-state index contributed by atoms with van der Waals surface area (Å²) in [6, 6.07) is 0. The van der Waals surface area contributed by atoms with Crippen LogP contribution in [0.3, 0.4) is 0 Å². The summed E-state index contributed by atoms with van der Waals surface area (Å²) in [5, 5.41) is 0. The predicted octanol–water partition coefficient (Wildman–Crippen LogP) is 22.2. The first-order chi connectivity index (χ1) is 38.0. The Balaban J connectivity index is 4.38. The summed E-state index contributed by atoms with van der Waals surface area (Å²) >= 11 is 0. The van der Waals surface area contributed by atoms with Gasteiger partial charge >= 0.3 is 17.9 Å². The Labute approximate surface area is 476 Å². The highest BCUT2D eigenvalue weighted by Crippen LogP contribution is 2.16. The van der Waals surface area contributed by atoms with E-state index in [2.05, 4.69) is 130 Å². The second kappa shape index (κ2) is 64.6. The average Bonchev–Trinajstić information content (AvgIpc) is 3.43. The molecule has 0 fully saturated rings. The summed E-state index contributed by atoms with van der Waals surface area (Å²) in [7, 11) is 0. The molecule has 1 atom stereocenters. The summed E-state index contributed by atoms with van der Waals surface area (Å²) in [5.41, 5.74) is 0. The Morgan fingerprint density at radius 3 is 0.831 bits per heavy atom. The van der Waals surface area contributed by atoms with Gasteiger partial charge in [-0.3, -0.25) is 14.4 Å². The molecule has 0 radical (unpaired) electrons. The van der Waals surface area contributed by atoms with Gasteiger partial charge in [-0.2, -0.15) is 0 Å². The van der Waals surface area contributed by atoms with Crippen LogP contribution < -0.4 is 0 Å². The maximum Gasteiger partial charge on any atom is 0.306 e. The molecule has 0 aliphatic heterocycles. The fourth-order valence-corrected chi connectivity index (χ4v) is 8.95. The minimum absolute atomic E-state index is 0.0975. The van der Waals surface area contributed by atoms with Gasteiger partial charge in [0.2, 0.25) is 0 Å². The molecule has 0 aliphatic carbocycles. The molecule has 1 unspecified atom stereocenters. The van der Waals surface area contributed by atoms with Crippen molar-refractivity contribution in [3.05, 3.63) is 109 Å². The highest BCUT2D eigenvalue weighted by Gasteiger charge is 2.19. The third-order valence-electron chi connectivity index (χ3n) is 13.7. The lowest BCUT2D eigenvalue weighted by Gasteiger charge is -2.18. The first kappa shape index (κ1) is 73.1. The Morgan fingerprint density at radius 2 is 0.506 bits per heavy atom. The van der Waals surface area contributed by atoms with Crippen LogP contribution in [0.4, 0.5) is 0 Å². The zero-order valence-corrected chi connectivity index (χ0v) is 50.4. The molecule has 0 aromatic heterocycles. The maximum absolute atomic E-state index is 12.9. The second-order valence-electron chi connectivity index (χ2n) is 21.3. The number of allylic oxidation sites excluding steroid dienone is 18. The predicted molar refractivity (Wildman–Crippen MR) is 334 cm³/mol. The van der Waals surface area contributed by atoms with Crippen molar-refractivity contribution >= 4 is 17.9 Å². The van der Waals surface area contributed by atoms with Crippen LogP contribution in [0.25, 0.3) is 0 Å². The van der Waals surface area contributed by atoms with E-state index in [1.807, 2.05) is 0 Å². The highest BCUT2D eigenvalue weighted by molar-refractivity contribution is 5.71. The second-order valence-corrected chi connectivity index (χ2v) is 21.3. The van der Waals surface area contributed by atoms with Gasteiger partial charge in [0.15, 0.2) is 6.10 Å². The number of esters is 3. The van der Waals surface area contributed by atoms with Gasteiger partial charge in [-0.25, -0.2) is 0 Å². The molecule has 0 bridgehead atoms. The molecule has 77 heavy (non-hydrogen) atoms. The van der Waals surface area contributed by atoms with Crippen LogP contribution in [-0.4, -0.2) is 37.2 Å². The van der Waals surface area contributed by atoms with Crippen LogP contribution in [0, 0.1) is 0 Å². The normalized spacial score (nSPS) is 12.8. The number of ether oxygens (including phenoxy) is 3. The molecule has 0 saturated carbocycles. The van der Waals surface area contributed by atoms with E-state index < -0.39 is 6.10 Å². The monoisotopic (exact) mass is 1070 g/mol. The molecule has 0 heterocycles. The molecular weight excluding hydrogens is 949 g/mol. The van der Waals surface area contributed by atoms with E-state index in [-0.39, 0.29) is 31.1 Å². The SMILES string of the molecule is CC/C=C\C/C=C\C/C=C\C/C=C\CCCCCCCCC(=O)OC(COC(=O)CCCC/C=C\C/C=C\C/C=C\C/C=C\CC)COC(=O)CCCCCCCCCCCCCCC/C=C\CCCCCCCCCC. The maximum atomic E-state index is 12.9. The first-order valence-electron chi connectivity index (χ1n) is 32.4. The molecule has 0 aromatic carbocycles. The van der Waals surface area contributed by atoms with Gasteiger partial charge < -0.3 is 14.2 Å². The first-order valence-corrected chi connectivity index (χ1v) is 32.4. The van der Waals surface area contributed by atoms with Gasteiger partial charge in [0.25, 0.3) is 0 Å². The molecule has 0 N–H and O–H groups in total. The van der Waals surface area contributed by atoms with E-state index in [0.29, 0.717) is 19.3 Å². The van der Waals surface area contributed by atoms with Crippen molar-refractivity contribution in [3.8, 4) is 0 Å². The summed E-state index contributed by atoms with van der Waals surface area (Å²) in [6.07, 6.45) is 88.2. The van der Waals surface area contributed by atoms with Crippen molar-refractivity contribution in [1.82, 2.24) is 0 Å². The molecule has 0 amide bonds. The van der Waals surface area contributed by atoms with E-state index in [4.69, 9.17) is 14.2 Å². The third-order valence-corrected chi connectivity index (χ3v) is 13.7. The number of carbonyl (C=O) groups is 3. The molecule has 0 aromatic rings. The lowest BCUT2D eigenvalue weighted by Crippen LogP contribution is -2.30. The number of unbranched alkanes of at least 4 members (excludes halogenated alkanes) is 29. The molecule has 6 heteroatoms. The Morgan fingerprint density at radius 1 is 0.273 bits per heavy atom. The Bertz CT molecular complexity index is 1560. The standard InChI is InChI=1S/C71H120O6/c1-4-7-10-13-16-19-22-25-28-30-32-33-34-35-36-37-39-40-43-46-49-52-55-58-61-64-70(73)76-67-68(66-75-69(72)63-60-57-54-51-48-45-42-27-24-21-18-15-12-9-6-3)77-71(74)65-62-59-56-53-50-47-44-41-38-31-29-26-23-20-17-14-11-8-5-2/h8-9,11-12,17-18,20-21,26-27,29-30,32,38,41-42,48,51,68H,4-7,10,13-16,19,22-25,28,31,33-37,39-40,43-47,49-50,52-67H2,1-3H3/b11-8-,12-9-,20-17-,21-18-,29-26-,32-30-,41-38-,42-27-,51-48-. The molecule has 440 valence electrons. The minimum Gasteiger partial charge on any atom is -0.462 e. The molecule has 0 saturated heterocycles. The van der Waals surface area contributed by atoms with Gasteiger partial charge in [0.05, 0.1) is 0 Å². The molecule has 0 aliphatic rings. The number of hydrogen-bond acceptors (Lipinski definition) is 6. The quantitative estimate of drug-likeness (QED) is 0.0261. The summed E-state index contributed by atoms with van der Waals surface area (Å²) in [4.78, 5) is 38.3. The topological polar surface area (TPSA) is 78.9 Å². The van der Waals surface area contributed by atoms with Crippen LogP contribution in [0.15, 0.2) is 109 Å². The van der Waals surface area contributed by atoms with Crippen molar-refractivity contribution in [1.29, 1.82) is 0 Å². The zero-order chi connectivity index (χ0) is 55.7. The van der Waals surface area contributed by atoms with Crippen molar-refractivity contribution in [2.24, 2.45) is 0 Å². The van der Waals surface area contributed by atoms with E-state index in [1.165, 1.54) is 141 Å². The summed E-state index contributed by atoms with van der Waals surface area (Å²) in [6.45, 7) is 6.39. The summed E-state index contributed by atoms with van der Waals surface area (Å²) in [5.74, 6) is -0.948. The molecular formula is C71H120O6. The van der Waals surface area contributed by atoms with Crippen LogP contribution in [0.2, 0.25) is 0 Å². The molecule has 0 rings (SSSR count). The van der Waals surface area contributed by atoms with Gasteiger partial charge in [-0.05, 0) is 122 Å². The van der Waals surface area contributed by atoms with Crippen LogP contribution >= 0.6 is 0 Å². The van der Waals surface area contributed by atoms with Crippen molar-refractivity contribution in [2.75, 3.05) is 13.2 Å². The Kier molecular flexibility index (Phi) is 61.3. The zero-order valence-electron chi connectivity index (χ0n) is 50.4. The lowest BCUT2D eigenvalue weighted by atomic mass is 10.0. The minimum atomic E-state index is -0.806. The van der Waals surface area contributed by atoms with E-state index in [0.717, 1.165) is 122 Å².